The second kappa shape index (κ2) is 5.34. The van der Waals surface area contributed by atoms with E-state index in [1.54, 1.807) is 17.7 Å². The summed E-state index contributed by atoms with van der Waals surface area (Å²) in [5, 5.41) is 11.0. The zero-order valence-corrected chi connectivity index (χ0v) is 11.6. The Hall–Kier alpha value is -1.97. The molecule has 2 rings (SSSR count). The number of benzene rings is 1. The molecule has 0 aliphatic heterocycles. The van der Waals surface area contributed by atoms with Crippen LogP contribution in [0.2, 0.25) is 0 Å². The van der Waals surface area contributed by atoms with Crippen LogP contribution < -0.4 is 4.74 Å². The van der Waals surface area contributed by atoms with Gasteiger partial charge in [-0.3, -0.25) is 4.79 Å². The van der Waals surface area contributed by atoms with E-state index in [1.807, 2.05) is 12.1 Å². The van der Waals surface area contributed by atoms with Crippen molar-refractivity contribution in [2.24, 2.45) is 0 Å². The van der Waals surface area contributed by atoms with E-state index in [1.165, 1.54) is 6.92 Å². The summed E-state index contributed by atoms with van der Waals surface area (Å²) in [5.41, 5.74) is 1.25. The third-order valence-corrected chi connectivity index (χ3v) is 3.33. The van der Waals surface area contributed by atoms with E-state index < -0.39 is 0 Å². The maximum absolute atomic E-state index is 11.8. The molecule has 1 aromatic heterocycles. The predicted octanol–water partition coefficient (Wildman–Crippen LogP) is 3.36. The Morgan fingerprint density at radius 3 is 2.74 bits per heavy atom. The highest BCUT2D eigenvalue weighted by Crippen LogP contribution is 2.34. The van der Waals surface area contributed by atoms with E-state index in [2.05, 4.69) is 6.92 Å². The lowest BCUT2D eigenvalue weighted by atomic mass is 10.1. The van der Waals surface area contributed by atoms with Gasteiger partial charge < -0.3 is 14.4 Å². The number of unbranched alkanes of at least 4 members (excludes halogenated alkanes) is 1. The molecule has 0 fully saturated rings. The van der Waals surface area contributed by atoms with E-state index in [-0.39, 0.29) is 11.7 Å². The van der Waals surface area contributed by atoms with Crippen LogP contribution in [0.1, 0.15) is 37.0 Å². The molecule has 1 aromatic carbocycles. The molecule has 1 N–H and O–H groups in total. The van der Waals surface area contributed by atoms with Crippen LogP contribution >= 0.6 is 0 Å². The average Bonchev–Trinajstić information content (AvgIpc) is 2.67. The third-order valence-electron chi connectivity index (χ3n) is 3.33. The number of fused-ring (bicyclic) bond motifs is 1. The summed E-state index contributed by atoms with van der Waals surface area (Å²) in [6, 6.07) is 5.53. The highest BCUT2D eigenvalue weighted by atomic mass is 16.5. The Kier molecular flexibility index (Phi) is 3.79. The summed E-state index contributed by atoms with van der Waals surface area (Å²) in [7, 11) is 1.59. The van der Waals surface area contributed by atoms with Crippen LogP contribution in [0.25, 0.3) is 10.9 Å². The lowest BCUT2D eigenvalue weighted by Crippen LogP contribution is -1.97. The molecule has 4 heteroatoms. The van der Waals surface area contributed by atoms with Gasteiger partial charge in [-0.05, 0) is 31.5 Å². The van der Waals surface area contributed by atoms with Crippen LogP contribution in [-0.2, 0) is 6.54 Å². The van der Waals surface area contributed by atoms with Crippen molar-refractivity contribution in [2.45, 2.75) is 33.2 Å². The normalized spacial score (nSPS) is 10.9. The average molecular weight is 261 g/mol. The number of aromatic nitrogens is 1. The van der Waals surface area contributed by atoms with Gasteiger partial charge in [-0.25, -0.2) is 0 Å². The zero-order valence-electron chi connectivity index (χ0n) is 11.6. The molecule has 0 unspecified atom stereocenters. The summed E-state index contributed by atoms with van der Waals surface area (Å²) >= 11 is 0. The molecule has 0 radical (unpaired) electrons. The van der Waals surface area contributed by atoms with E-state index in [9.17, 15) is 9.90 Å². The molecule has 0 aliphatic rings. The van der Waals surface area contributed by atoms with Crippen LogP contribution in [0.3, 0.4) is 0 Å². The van der Waals surface area contributed by atoms with Crippen molar-refractivity contribution in [3.8, 4) is 11.6 Å². The molecular formula is C15H19NO3. The minimum absolute atomic E-state index is 0.0594. The monoisotopic (exact) mass is 261 g/mol. The van der Waals surface area contributed by atoms with Gasteiger partial charge in [-0.15, -0.1) is 0 Å². The van der Waals surface area contributed by atoms with E-state index in [0.717, 1.165) is 23.7 Å². The number of aryl methyl sites for hydroxylation is 1. The summed E-state index contributed by atoms with van der Waals surface area (Å²) < 4.78 is 6.99. The van der Waals surface area contributed by atoms with Gasteiger partial charge in [0, 0.05) is 11.9 Å². The lowest BCUT2D eigenvalue weighted by Gasteiger charge is -2.06. The minimum Gasteiger partial charge on any atom is -0.497 e. The SMILES string of the molecule is CCCCn1c(O)c(C(C)=O)c2cc(OC)ccc21. The summed E-state index contributed by atoms with van der Waals surface area (Å²) in [6.45, 7) is 4.27. The number of Topliss-reactive ketones (excluding diaryl/α,β-unsaturated/α-hetero) is 1. The number of carbonyl (C=O) groups excluding carboxylic acids is 1. The molecular weight excluding hydrogens is 242 g/mol. The third kappa shape index (κ3) is 2.30. The van der Waals surface area contributed by atoms with Gasteiger partial charge in [0.15, 0.2) is 5.78 Å². The maximum atomic E-state index is 11.8. The second-order valence-corrected chi connectivity index (χ2v) is 4.64. The molecule has 1 heterocycles. The maximum Gasteiger partial charge on any atom is 0.203 e. The number of ketones is 1. The van der Waals surface area contributed by atoms with Crippen LogP contribution in [0.4, 0.5) is 0 Å². The molecule has 0 saturated carbocycles. The highest BCUT2D eigenvalue weighted by Gasteiger charge is 2.19. The molecule has 102 valence electrons. The van der Waals surface area contributed by atoms with Crippen molar-refractivity contribution < 1.29 is 14.6 Å². The quantitative estimate of drug-likeness (QED) is 0.840. The number of nitrogens with zero attached hydrogens (tertiary/aromatic N) is 1. The Labute approximate surface area is 112 Å². The smallest absolute Gasteiger partial charge is 0.203 e. The van der Waals surface area contributed by atoms with Crippen LogP contribution in [0.15, 0.2) is 18.2 Å². The first kappa shape index (κ1) is 13.5. The summed E-state index contributed by atoms with van der Waals surface area (Å²) in [6.07, 6.45) is 1.99. The molecule has 2 aromatic rings. The first-order chi connectivity index (χ1) is 9.10. The summed E-state index contributed by atoms with van der Waals surface area (Å²) in [4.78, 5) is 11.8. The molecule has 0 amide bonds. The molecule has 19 heavy (non-hydrogen) atoms. The topological polar surface area (TPSA) is 51.5 Å². The van der Waals surface area contributed by atoms with Crippen molar-refractivity contribution in [1.29, 1.82) is 0 Å². The van der Waals surface area contributed by atoms with Crippen molar-refractivity contribution in [1.82, 2.24) is 4.57 Å². The lowest BCUT2D eigenvalue weighted by molar-refractivity contribution is 0.101. The van der Waals surface area contributed by atoms with Crippen molar-refractivity contribution in [3.63, 3.8) is 0 Å². The predicted molar refractivity (Wildman–Crippen MR) is 75.1 cm³/mol. The van der Waals surface area contributed by atoms with Gasteiger partial charge in [0.05, 0.1) is 18.2 Å². The van der Waals surface area contributed by atoms with E-state index in [0.29, 0.717) is 17.9 Å². The Morgan fingerprint density at radius 1 is 1.42 bits per heavy atom. The second-order valence-electron chi connectivity index (χ2n) is 4.64. The number of aromatic hydroxyl groups is 1. The first-order valence-corrected chi connectivity index (χ1v) is 6.50. The molecule has 0 atom stereocenters. The van der Waals surface area contributed by atoms with Gasteiger partial charge in [0.1, 0.15) is 5.75 Å². The standard InChI is InChI=1S/C15H19NO3/c1-4-5-8-16-13-7-6-11(19-3)9-12(13)14(10(2)17)15(16)18/h6-7,9,18H,4-5,8H2,1-3H3. The number of ether oxygens (including phenoxy) is 1. The van der Waals surface area contributed by atoms with Gasteiger partial charge >= 0.3 is 0 Å². The van der Waals surface area contributed by atoms with Gasteiger partial charge in [-0.2, -0.15) is 0 Å². The fraction of sp³-hybridized carbons (Fsp3) is 0.400. The Balaban J connectivity index is 2.68. The van der Waals surface area contributed by atoms with E-state index in [4.69, 9.17) is 4.74 Å². The van der Waals surface area contributed by atoms with Crippen molar-refractivity contribution >= 4 is 16.7 Å². The Morgan fingerprint density at radius 2 is 2.16 bits per heavy atom. The largest absolute Gasteiger partial charge is 0.497 e. The molecule has 4 nitrogen and oxygen atoms in total. The van der Waals surface area contributed by atoms with Gasteiger partial charge in [0.2, 0.25) is 5.88 Å². The molecule has 0 spiro atoms. The zero-order chi connectivity index (χ0) is 14.0. The Bertz CT molecular complexity index is 613. The highest BCUT2D eigenvalue weighted by molar-refractivity contribution is 6.09. The fourth-order valence-electron chi connectivity index (χ4n) is 2.34. The first-order valence-electron chi connectivity index (χ1n) is 6.50. The van der Waals surface area contributed by atoms with E-state index >= 15 is 0 Å². The van der Waals surface area contributed by atoms with Crippen molar-refractivity contribution in [3.05, 3.63) is 23.8 Å². The molecule has 0 bridgehead atoms. The van der Waals surface area contributed by atoms with Crippen LogP contribution in [0.5, 0.6) is 11.6 Å². The molecule has 0 saturated heterocycles. The number of rotatable bonds is 5. The van der Waals surface area contributed by atoms with Crippen LogP contribution in [0, 0.1) is 0 Å². The number of carbonyl (C=O) groups is 1. The van der Waals surface area contributed by atoms with Crippen molar-refractivity contribution in [2.75, 3.05) is 7.11 Å². The fourth-order valence-corrected chi connectivity index (χ4v) is 2.34. The number of hydrogen-bond donors (Lipinski definition) is 1. The van der Waals surface area contributed by atoms with Gasteiger partial charge in [-0.1, -0.05) is 13.3 Å². The number of hydrogen-bond acceptors (Lipinski definition) is 3. The van der Waals surface area contributed by atoms with Crippen LogP contribution in [-0.4, -0.2) is 22.6 Å². The van der Waals surface area contributed by atoms with Gasteiger partial charge in [0.25, 0.3) is 0 Å². The number of methoxy groups -OCH3 is 1. The summed E-state index contributed by atoms with van der Waals surface area (Å²) in [5.74, 6) is 0.609. The molecule has 0 aliphatic carbocycles. The minimum atomic E-state index is -0.133.